The summed E-state index contributed by atoms with van der Waals surface area (Å²) in [6.45, 7) is 14.8. The number of aromatic nitrogens is 1. The first-order valence-electron chi connectivity index (χ1n) is 10.9. The molecule has 2 heterocycles. The molecule has 1 aromatic heterocycles. The second-order valence-electron chi connectivity index (χ2n) is 7.59. The molecule has 1 aliphatic rings. The minimum atomic E-state index is 0.483. The summed E-state index contributed by atoms with van der Waals surface area (Å²) in [5, 5.41) is 11.1. The number of piperidine rings is 1. The molecule has 1 fully saturated rings. The first kappa shape index (κ1) is 21.7. The number of likely N-dealkylation sites (tertiary alicyclic amines) is 1. The summed E-state index contributed by atoms with van der Waals surface area (Å²) in [5.41, 5.74) is 1.06. The summed E-state index contributed by atoms with van der Waals surface area (Å²) in [5.74, 6) is 2.92. The van der Waals surface area contributed by atoms with E-state index in [9.17, 15) is 0 Å². The predicted molar refractivity (Wildman–Crippen MR) is 112 cm³/mol. The summed E-state index contributed by atoms with van der Waals surface area (Å²) in [4.78, 5) is 7.27. The number of hydrogen-bond donors (Lipinski definition) is 2. The van der Waals surface area contributed by atoms with Crippen molar-refractivity contribution in [3.8, 4) is 0 Å². The van der Waals surface area contributed by atoms with Crippen molar-refractivity contribution in [3.05, 3.63) is 17.5 Å². The minimum absolute atomic E-state index is 0.483. The quantitative estimate of drug-likeness (QED) is 0.480. The third-order valence-electron chi connectivity index (χ3n) is 5.52. The van der Waals surface area contributed by atoms with Gasteiger partial charge in [-0.05, 0) is 64.6 Å². The fourth-order valence-corrected chi connectivity index (χ4v) is 3.77. The van der Waals surface area contributed by atoms with Crippen molar-refractivity contribution in [1.29, 1.82) is 0 Å². The lowest BCUT2D eigenvalue weighted by Gasteiger charge is -2.32. The summed E-state index contributed by atoms with van der Waals surface area (Å²) >= 11 is 0. The van der Waals surface area contributed by atoms with Gasteiger partial charge in [-0.2, -0.15) is 0 Å². The van der Waals surface area contributed by atoms with Gasteiger partial charge in [-0.1, -0.05) is 25.9 Å². The fraction of sp³-hybridized carbons (Fsp3) is 0.810. The molecule has 0 bridgehead atoms. The Labute approximate surface area is 165 Å². The van der Waals surface area contributed by atoms with Crippen molar-refractivity contribution in [3.63, 3.8) is 0 Å². The zero-order chi connectivity index (χ0) is 19.5. The number of rotatable bonds is 10. The molecule has 1 aromatic rings. The molecule has 6 heteroatoms. The van der Waals surface area contributed by atoms with Crippen LogP contribution in [0, 0.1) is 5.92 Å². The fourth-order valence-electron chi connectivity index (χ4n) is 3.77. The maximum absolute atomic E-state index is 5.49. The highest BCUT2D eigenvalue weighted by Gasteiger charge is 2.18. The van der Waals surface area contributed by atoms with Crippen LogP contribution >= 0.6 is 0 Å². The monoisotopic (exact) mass is 377 g/mol. The van der Waals surface area contributed by atoms with Crippen molar-refractivity contribution in [2.45, 2.75) is 72.3 Å². The van der Waals surface area contributed by atoms with Gasteiger partial charge in [0, 0.05) is 25.1 Å². The largest absolute Gasteiger partial charge is 0.359 e. The van der Waals surface area contributed by atoms with Crippen LogP contribution in [0.25, 0.3) is 0 Å². The molecule has 154 valence electrons. The van der Waals surface area contributed by atoms with Crippen LogP contribution in [0.15, 0.2) is 15.6 Å². The van der Waals surface area contributed by atoms with E-state index in [1.54, 1.807) is 0 Å². The van der Waals surface area contributed by atoms with E-state index in [0.29, 0.717) is 12.5 Å². The average Bonchev–Trinajstić information content (AvgIpc) is 3.15. The van der Waals surface area contributed by atoms with Crippen molar-refractivity contribution in [2.24, 2.45) is 10.9 Å². The van der Waals surface area contributed by atoms with Crippen LogP contribution < -0.4 is 10.6 Å². The molecule has 0 aliphatic carbocycles. The number of nitrogens with zero attached hydrogens (tertiary/aromatic N) is 3. The smallest absolute Gasteiger partial charge is 0.191 e. The topological polar surface area (TPSA) is 65.7 Å². The maximum atomic E-state index is 5.49. The lowest BCUT2D eigenvalue weighted by molar-refractivity contribution is 0.185. The Morgan fingerprint density at radius 3 is 2.59 bits per heavy atom. The Kier molecular flexibility index (Phi) is 9.67. The van der Waals surface area contributed by atoms with Gasteiger partial charge in [-0.15, -0.1) is 0 Å². The summed E-state index contributed by atoms with van der Waals surface area (Å²) in [6, 6.07) is 2.06. The Morgan fingerprint density at radius 1 is 1.22 bits per heavy atom. The van der Waals surface area contributed by atoms with E-state index in [4.69, 9.17) is 4.52 Å². The molecule has 0 aromatic carbocycles. The lowest BCUT2D eigenvalue weighted by atomic mass is 9.97. The maximum Gasteiger partial charge on any atom is 0.191 e. The van der Waals surface area contributed by atoms with Crippen LogP contribution in [0.5, 0.6) is 0 Å². The van der Waals surface area contributed by atoms with Gasteiger partial charge in [-0.3, -0.25) is 0 Å². The number of nitrogens with one attached hydrogen (secondary N) is 2. The normalized spacial score (nSPS) is 16.9. The van der Waals surface area contributed by atoms with Crippen molar-refractivity contribution in [1.82, 2.24) is 20.7 Å². The minimum Gasteiger partial charge on any atom is -0.359 e. The molecule has 2 N–H and O–H groups in total. The van der Waals surface area contributed by atoms with Gasteiger partial charge in [0.1, 0.15) is 6.54 Å². The van der Waals surface area contributed by atoms with Gasteiger partial charge < -0.3 is 20.1 Å². The van der Waals surface area contributed by atoms with E-state index in [-0.39, 0.29) is 0 Å². The molecule has 1 saturated heterocycles. The summed E-state index contributed by atoms with van der Waals surface area (Å²) < 4.78 is 5.49. The zero-order valence-electron chi connectivity index (χ0n) is 17.8. The third kappa shape index (κ3) is 7.17. The van der Waals surface area contributed by atoms with Gasteiger partial charge in [0.2, 0.25) is 0 Å². The molecule has 6 nitrogen and oxygen atoms in total. The van der Waals surface area contributed by atoms with Crippen molar-refractivity contribution >= 4 is 5.96 Å². The molecule has 0 saturated carbocycles. The molecule has 27 heavy (non-hydrogen) atoms. The van der Waals surface area contributed by atoms with Gasteiger partial charge in [0.05, 0.1) is 5.69 Å². The highest BCUT2D eigenvalue weighted by atomic mass is 16.5. The molecule has 0 unspecified atom stereocenters. The second kappa shape index (κ2) is 12.0. The van der Waals surface area contributed by atoms with Crippen LogP contribution in [0.4, 0.5) is 0 Å². The van der Waals surface area contributed by atoms with Crippen LogP contribution in [-0.2, 0) is 6.54 Å². The number of hydrogen-bond acceptors (Lipinski definition) is 4. The summed E-state index contributed by atoms with van der Waals surface area (Å²) in [6.07, 6.45) is 5.97. The number of aliphatic imine (C=N–C) groups is 1. The van der Waals surface area contributed by atoms with Crippen molar-refractivity contribution < 1.29 is 4.52 Å². The number of guanidine groups is 1. The Morgan fingerprint density at radius 2 is 1.96 bits per heavy atom. The highest BCUT2D eigenvalue weighted by molar-refractivity contribution is 5.79. The molecule has 0 amide bonds. The first-order chi connectivity index (χ1) is 13.2. The standard InChI is InChI=1S/C21H39N5O/c1-5-11-26-12-9-17(10-13-26)15-23-21(22-8-4)24-16-19-14-20(25-27-19)18(6-2)7-3/h14,17-18H,5-13,15-16H2,1-4H3,(H2,22,23,24). The Balaban J connectivity index is 1.82. The lowest BCUT2D eigenvalue weighted by Crippen LogP contribution is -2.43. The Hall–Kier alpha value is -1.56. The average molecular weight is 378 g/mol. The van der Waals surface area contributed by atoms with Crippen LogP contribution in [-0.4, -0.2) is 48.7 Å². The van der Waals surface area contributed by atoms with E-state index < -0.39 is 0 Å². The SMILES string of the molecule is CCCN1CCC(CNC(=NCc2cc(C(CC)CC)no2)NCC)CC1. The van der Waals surface area contributed by atoms with E-state index in [0.717, 1.165) is 49.3 Å². The molecule has 0 spiro atoms. The zero-order valence-corrected chi connectivity index (χ0v) is 17.8. The molecule has 1 aliphatic heterocycles. The van der Waals surface area contributed by atoms with E-state index in [1.807, 2.05) is 0 Å². The molecular weight excluding hydrogens is 338 g/mol. The first-order valence-corrected chi connectivity index (χ1v) is 10.9. The molecule has 2 rings (SSSR count). The highest BCUT2D eigenvalue weighted by Crippen LogP contribution is 2.22. The van der Waals surface area contributed by atoms with Crippen molar-refractivity contribution in [2.75, 3.05) is 32.7 Å². The van der Waals surface area contributed by atoms with Crippen LogP contribution in [0.2, 0.25) is 0 Å². The molecule has 0 atom stereocenters. The Bertz CT molecular complexity index is 545. The molecular formula is C21H39N5O. The van der Waals surface area contributed by atoms with E-state index in [2.05, 4.69) is 59.4 Å². The van der Waals surface area contributed by atoms with E-state index in [1.165, 1.54) is 38.9 Å². The van der Waals surface area contributed by atoms with Gasteiger partial charge in [-0.25, -0.2) is 4.99 Å². The van der Waals surface area contributed by atoms with Gasteiger partial charge in [0.15, 0.2) is 11.7 Å². The summed E-state index contributed by atoms with van der Waals surface area (Å²) in [7, 11) is 0. The van der Waals surface area contributed by atoms with Gasteiger partial charge in [0.25, 0.3) is 0 Å². The third-order valence-corrected chi connectivity index (χ3v) is 5.52. The van der Waals surface area contributed by atoms with Gasteiger partial charge >= 0.3 is 0 Å². The predicted octanol–water partition coefficient (Wildman–Crippen LogP) is 3.76. The van der Waals surface area contributed by atoms with Crippen LogP contribution in [0.3, 0.4) is 0 Å². The second-order valence-corrected chi connectivity index (χ2v) is 7.59. The molecule has 0 radical (unpaired) electrons. The van der Waals surface area contributed by atoms with E-state index >= 15 is 0 Å². The van der Waals surface area contributed by atoms with Crippen LogP contribution in [0.1, 0.15) is 77.2 Å².